The van der Waals surface area contributed by atoms with Crippen LogP contribution in [0.4, 0.5) is 48.8 Å². The summed E-state index contributed by atoms with van der Waals surface area (Å²) in [5.41, 5.74) is 0. The van der Waals surface area contributed by atoms with Crippen LogP contribution in [-0.2, 0) is 9.68 Å². The smallest absolute Gasteiger partial charge is 0.456 e. The first kappa shape index (κ1) is 27.1. The molecule has 0 aliphatic heterocycles. The van der Waals surface area contributed by atoms with Gasteiger partial charge in [0, 0.05) is 0 Å². The maximum atomic E-state index is 11.0. The maximum Gasteiger partial charge on any atom is 0.522 e. The maximum absolute atomic E-state index is 11.0. The van der Waals surface area contributed by atoms with Crippen LogP contribution in [0.5, 0.6) is 0 Å². The van der Waals surface area contributed by atoms with Gasteiger partial charge in [-0.05, 0) is 4.53 Å². The topological polar surface area (TPSA) is 55.8 Å². The normalized spacial score (nSPS) is 9.95. The molecule has 0 saturated carbocycles. The fraction of sp³-hybridized carbons (Fsp3) is 0.833. The highest BCUT2D eigenvalue weighted by Crippen LogP contribution is 2.22. The molecule has 0 amide bonds. The summed E-state index contributed by atoms with van der Waals surface area (Å²) in [6.45, 7) is -4.05. The largest absolute Gasteiger partial charge is 0.522 e. The van der Waals surface area contributed by atoms with Crippen molar-refractivity contribution >= 4 is 6.22 Å². The van der Waals surface area contributed by atoms with E-state index in [9.17, 15) is 44.0 Å². The van der Waals surface area contributed by atoms with E-state index in [-0.39, 0.29) is 0 Å². The molecule has 0 aliphatic carbocycles. The molecule has 0 radical (unpaired) electrons. The first-order valence-corrected chi connectivity index (χ1v) is 3.69. The zero-order valence-corrected chi connectivity index (χ0v) is 9.37. The van der Waals surface area contributed by atoms with Gasteiger partial charge >= 0.3 is 18.8 Å². The summed E-state index contributed by atoms with van der Waals surface area (Å²) in [6.07, 6.45) is -12.5. The number of carbonyl (C=O) groups is 1. The molecule has 0 saturated heterocycles. The van der Waals surface area contributed by atoms with Gasteiger partial charge in [0.2, 0.25) is 6.93 Å². The molecule has 0 bridgehead atoms. The molecule has 126 valence electrons. The fourth-order valence-corrected chi connectivity index (χ4v) is 0.164. The number of ether oxygens (including phenoxy) is 1. The van der Waals surface area contributed by atoms with Gasteiger partial charge in [-0.15, -0.1) is 17.6 Å². The van der Waals surface area contributed by atoms with Crippen LogP contribution in [0.2, 0.25) is 0 Å². The van der Waals surface area contributed by atoms with Crippen LogP contribution in [0.25, 0.3) is 0 Å². The molecule has 0 atom stereocenters. The molecule has 0 spiro atoms. The lowest BCUT2D eigenvalue weighted by Crippen LogP contribution is -2.24. The third-order valence-corrected chi connectivity index (χ3v) is 0.399. The molecule has 14 heteroatoms. The second-order valence-corrected chi connectivity index (χ2v) is 1.86. The quantitative estimate of drug-likeness (QED) is 0.579. The van der Waals surface area contributed by atoms with E-state index in [0.29, 0.717) is 0 Å². The fourth-order valence-electron chi connectivity index (χ4n) is 0.164. The third-order valence-electron chi connectivity index (χ3n) is 0.399. The van der Waals surface area contributed by atoms with E-state index >= 15 is 0 Å². The molecule has 0 rings (SSSR count). The molecular weight excluding hydrogens is 326 g/mol. The van der Waals surface area contributed by atoms with E-state index in [1.54, 1.807) is 0 Å². The number of rotatable bonds is 1. The van der Waals surface area contributed by atoms with Crippen molar-refractivity contribution in [3.8, 4) is 0 Å². The molecule has 0 heterocycles. The molecule has 0 aromatic carbocycles. The second kappa shape index (κ2) is 15.7. The lowest BCUT2D eigenvalue weighted by Gasteiger charge is -2.08. The van der Waals surface area contributed by atoms with E-state index in [1.165, 1.54) is 0 Å². The van der Waals surface area contributed by atoms with Gasteiger partial charge in [-0.25, -0.2) is 13.6 Å². The zero-order chi connectivity index (χ0) is 17.4. The Morgan fingerprint density at radius 3 is 1.35 bits per heavy atom. The third kappa shape index (κ3) is 127. The Hall–Kier alpha value is -1.31. The summed E-state index contributed by atoms with van der Waals surface area (Å²) in [7, 11) is 0.958. The molecular formula is C6H8F10O4. The highest BCUT2D eigenvalue weighted by Gasteiger charge is 2.37. The molecule has 0 aromatic heterocycles. The minimum atomic E-state index is -5.21. The van der Waals surface area contributed by atoms with Crippen molar-refractivity contribution in [3.63, 3.8) is 0 Å². The van der Waals surface area contributed by atoms with Crippen LogP contribution in [0.15, 0.2) is 0 Å². The van der Waals surface area contributed by atoms with Gasteiger partial charge in [0.05, 0.1) is 7.11 Å². The predicted octanol–water partition coefficient (Wildman–Crippen LogP) is 4.12. The van der Waals surface area contributed by atoms with Crippen LogP contribution < -0.4 is 0 Å². The first-order valence-electron chi connectivity index (χ1n) is 3.69. The van der Waals surface area contributed by atoms with Gasteiger partial charge in [0.1, 0.15) is 0 Å². The number of hydrogen-bond acceptors (Lipinski definition) is 3. The van der Waals surface area contributed by atoms with E-state index in [4.69, 9.17) is 9.90 Å². The van der Waals surface area contributed by atoms with E-state index < -0.39 is 32.3 Å². The Morgan fingerprint density at radius 2 is 1.30 bits per heavy atom. The van der Waals surface area contributed by atoms with Gasteiger partial charge < -0.3 is 5.11 Å². The number of alkyl halides is 8. The molecule has 0 aromatic rings. The molecule has 20 heavy (non-hydrogen) atoms. The van der Waals surface area contributed by atoms with Crippen LogP contribution in [0.3, 0.4) is 0 Å². The van der Waals surface area contributed by atoms with Crippen LogP contribution in [0, 0.1) is 0 Å². The van der Waals surface area contributed by atoms with Crippen molar-refractivity contribution in [1.29, 1.82) is 0 Å². The van der Waals surface area contributed by atoms with E-state index in [2.05, 4.69) is 9.68 Å². The van der Waals surface area contributed by atoms with Crippen LogP contribution >= 0.6 is 0 Å². The summed E-state index contributed by atoms with van der Waals surface area (Å²) in [5, 5.41) is 6.75. The molecule has 0 aliphatic rings. The Labute approximate surface area is 104 Å². The number of carboxylic acid groups (broad SMARTS) is 1. The number of hydrogen-bond donors (Lipinski definition) is 1. The lowest BCUT2D eigenvalue weighted by molar-refractivity contribution is -0.352. The SMILES string of the molecule is COF.FC(F)(F)COC(F)(F)F.FCF.O=C(O)F. The lowest BCUT2D eigenvalue weighted by atomic mass is 10.7. The number of halogens is 10. The predicted molar refractivity (Wildman–Crippen MR) is 42.4 cm³/mol. The Bertz CT molecular complexity index is 183. The molecule has 1 N–H and O–H groups in total. The van der Waals surface area contributed by atoms with Gasteiger partial charge in [0.25, 0.3) is 0 Å². The van der Waals surface area contributed by atoms with Gasteiger partial charge in [-0.1, -0.05) is 0 Å². The molecule has 0 fully saturated rings. The monoisotopic (exact) mass is 334 g/mol. The van der Waals surface area contributed by atoms with Crippen LogP contribution in [0.1, 0.15) is 0 Å². The Balaban J connectivity index is -0.000000106. The summed E-state index contributed by atoms with van der Waals surface area (Å²) >= 11 is 0. The van der Waals surface area contributed by atoms with Crippen molar-refractivity contribution in [3.05, 3.63) is 0 Å². The minimum Gasteiger partial charge on any atom is -0.456 e. The van der Waals surface area contributed by atoms with Crippen molar-refractivity contribution in [2.75, 3.05) is 20.6 Å². The molecule has 0 unspecified atom stereocenters. The van der Waals surface area contributed by atoms with Crippen LogP contribution in [-0.4, -0.2) is 44.5 Å². The standard InChI is InChI=1S/C3H2F6O.CH2F2.CHFO2.CH3FO/c4-2(5,6)1-10-3(7,8)9;2-1-3;2-1(3)4;1-3-2/h1H2;1H2;(H,3,4);1H3. The van der Waals surface area contributed by atoms with E-state index in [1.807, 2.05) is 0 Å². The average Bonchev–Trinajstić information content (AvgIpc) is 2.14. The average molecular weight is 334 g/mol. The first-order chi connectivity index (χ1) is 8.77. The summed E-state index contributed by atoms with van der Waals surface area (Å²) in [4.78, 5) is 11.1. The van der Waals surface area contributed by atoms with Gasteiger partial charge in [-0.3, -0.25) is 4.74 Å². The van der Waals surface area contributed by atoms with Gasteiger partial charge in [0.15, 0.2) is 6.61 Å². The highest BCUT2D eigenvalue weighted by atomic mass is 19.4. The second-order valence-electron chi connectivity index (χ2n) is 1.86. The van der Waals surface area contributed by atoms with E-state index in [0.717, 1.165) is 7.11 Å². The summed E-state index contributed by atoms with van der Waals surface area (Å²) in [5.74, 6) is 0. The van der Waals surface area contributed by atoms with Crippen molar-refractivity contribution < 1.29 is 63.6 Å². The highest BCUT2D eigenvalue weighted by molar-refractivity contribution is 5.54. The summed E-state index contributed by atoms with van der Waals surface area (Å²) < 4.78 is 107. The Morgan fingerprint density at radius 1 is 1.10 bits per heavy atom. The van der Waals surface area contributed by atoms with Gasteiger partial charge in [-0.2, -0.15) is 18.1 Å². The Kier molecular flexibility index (Phi) is 21.3. The minimum absolute atomic E-state index is 0.958. The zero-order valence-electron chi connectivity index (χ0n) is 9.37. The van der Waals surface area contributed by atoms with Crippen molar-refractivity contribution in [2.24, 2.45) is 0 Å². The van der Waals surface area contributed by atoms with Crippen molar-refractivity contribution in [2.45, 2.75) is 12.5 Å². The molecule has 4 nitrogen and oxygen atoms in total. The van der Waals surface area contributed by atoms with Crippen molar-refractivity contribution in [1.82, 2.24) is 0 Å². The summed E-state index contributed by atoms with van der Waals surface area (Å²) in [6, 6.07) is 0.